The lowest BCUT2D eigenvalue weighted by atomic mass is 10.1. The molecule has 0 fully saturated rings. The predicted octanol–water partition coefficient (Wildman–Crippen LogP) is 1.57. The van der Waals surface area contributed by atoms with Crippen molar-refractivity contribution < 1.29 is 9.66 Å². The van der Waals surface area contributed by atoms with Gasteiger partial charge in [-0.1, -0.05) is 18.2 Å². The molecule has 1 aromatic carbocycles. The van der Waals surface area contributed by atoms with Crippen LogP contribution in [0.3, 0.4) is 0 Å². The molecule has 0 saturated heterocycles. The highest BCUT2D eigenvalue weighted by atomic mass is 16.6. The molecule has 5 nitrogen and oxygen atoms in total. The van der Waals surface area contributed by atoms with Crippen LogP contribution in [0.25, 0.3) is 0 Å². The van der Waals surface area contributed by atoms with Crippen molar-refractivity contribution in [3.63, 3.8) is 0 Å². The van der Waals surface area contributed by atoms with Gasteiger partial charge >= 0.3 is 0 Å². The van der Waals surface area contributed by atoms with Gasteiger partial charge in [0, 0.05) is 11.6 Å². The lowest BCUT2D eigenvalue weighted by Gasteiger charge is -2.02. The van der Waals surface area contributed by atoms with E-state index in [0.29, 0.717) is 31.0 Å². The van der Waals surface area contributed by atoms with Gasteiger partial charge in [-0.2, -0.15) is 0 Å². The standard InChI is InChI=1S/C10H10N2O3/c13-12(14)9-4-2-1-3-8(9)7-10-11-5-6-15-10/h1-4H,5-7H2. The van der Waals surface area contributed by atoms with Crippen LogP contribution in [0.4, 0.5) is 5.69 Å². The summed E-state index contributed by atoms with van der Waals surface area (Å²) in [5.74, 6) is 0.587. The lowest BCUT2D eigenvalue weighted by molar-refractivity contribution is -0.385. The van der Waals surface area contributed by atoms with E-state index in [1.807, 2.05) is 0 Å². The first-order chi connectivity index (χ1) is 7.27. The Balaban J connectivity index is 2.23. The lowest BCUT2D eigenvalue weighted by Crippen LogP contribution is -2.05. The van der Waals surface area contributed by atoms with Crippen molar-refractivity contribution >= 4 is 11.6 Å². The van der Waals surface area contributed by atoms with Crippen LogP contribution in [-0.4, -0.2) is 24.0 Å². The van der Waals surface area contributed by atoms with E-state index >= 15 is 0 Å². The maximum atomic E-state index is 10.7. The molecule has 5 heteroatoms. The summed E-state index contributed by atoms with van der Waals surface area (Å²) in [6.45, 7) is 1.23. The minimum atomic E-state index is -0.384. The van der Waals surface area contributed by atoms with Crippen LogP contribution in [0.1, 0.15) is 5.56 Å². The molecule has 0 radical (unpaired) electrons. The fourth-order valence-corrected chi connectivity index (χ4v) is 1.49. The quantitative estimate of drug-likeness (QED) is 0.557. The summed E-state index contributed by atoms with van der Waals surface area (Å²) >= 11 is 0. The van der Waals surface area contributed by atoms with Crippen LogP contribution >= 0.6 is 0 Å². The Morgan fingerprint density at radius 1 is 1.47 bits per heavy atom. The molecule has 0 aliphatic carbocycles. The zero-order valence-corrected chi connectivity index (χ0v) is 8.05. The highest BCUT2D eigenvalue weighted by molar-refractivity contribution is 5.80. The zero-order valence-electron chi connectivity index (χ0n) is 8.05. The number of aliphatic imine (C=N–C) groups is 1. The number of benzene rings is 1. The van der Waals surface area contributed by atoms with E-state index in [4.69, 9.17) is 4.74 Å². The molecule has 1 aliphatic rings. The van der Waals surface area contributed by atoms with Crippen LogP contribution in [-0.2, 0) is 11.2 Å². The van der Waals surface area contributed by atoms with E-state index in [1.54, 1.807) is 18.2 Å². The van der Waals surface area contributed by atoms with E-state index < -0.39 is 0 Å². The second kappa shape index (κ2) is 4.08. The molecule has 0 unspecified atom stereocenters. The first kappa shape index (κ1) is 9.64. The number of rotatable bonds is 3. The van der Waals surface area contributed by atoms with Crippen molar-refractivity contribution in [2.75, 3.05) is 13.2 Å². The minimum absolute atomic E-state index is 0.121. The van der Waals surface area contributed by atoms with E-state index in [2.05, 4.69) is 4.99 Å². The first-order valence-electron chi connectivity index (χ1n) is 4.66. The molecule has 0 atom stereocenters. The number of hydrogen-bond acceptors (Lipinski definition) is 4. The summed E-state index contributed by atoms with van der Waals surface area (Å²) in [6.07, 6.45) is 0.400. The summed E-state index contributed by atoms with van der Waals surface area (Å²) in [5.41, 5.74) is 0.763. The molecular weight excluding hydrogens is 196 g/mol. The Morgan fingerprint density at radius 3 is 2.93 bits per heavy atom. The van der Waals surface area contributed by atoms with Gasteiger partial charge in [0.2, 0.25) is 0 Å². The Labute approximate surface area is 86.5 Å². The molecule has 0 amide bonds. The van der Waals surface area contributed by atoms with E-state index in [9.17, 15) is 10.1 Å². The van der Waals surface area contributed by atoms with Crippen LogP contribution in [0.15, 0.2) is 29.3 Å². The SMILES string of the molecule is O=[N+]([O-])c1ccccc1CC1=NCCO1. The molecule has 78 valence electrons. The van der Waals surface area contributed by atoms with Crippen molar-refractivity contribution in [3.8, 4) is 0 Å². The Bertz CT molecular complexity index is 415. The summed E-state index contributed by atoms with van der Waals surface area (Å²) in [5, 5.41) is 10.7. The van der Waals surface area contributed by atoms with Crippen molar-refractivity contribution in [1.82, 2.24) is 0 Å². The second-order valence-corrected chi connectivity index (χ2v) is 3.19. The van der Waals surface area contributed by atoms with Gasteiger partial charge < -0.3 is 4.74 Å². The second-order valence-electron chi connectivity index (χ2n) is 3.19. The van der Waals surface area contributed by atoms with Crippen molar-refractivity contribution in [3.05, 3.63) is 39.9 Å². The fraction of sp³-hybridized carbons (Fsp3) is 0.300. The number of ether oxygens (including phenoxy) is 1. The minimum Gasteiger partial charge on any atom is -0.479 e. The van der Waals surface area contributed by atoms with Gasteiger partial charge in [-0.05, 0) is 0 Å². The molecule has 0 aromatic heterocycles. The fourth-order valence-electron chi connectivity index (χ4n) is 1.49. The average molecular weight is 206 g/mol. The highest BCUT2D eigenvalue weighted by Gasteiger charge is 2.16. The third kappa shape index (κ3) is 2.12. The smallest absolute Gasteiger partial charge is 0.273 e. The van der Waals surface area contributed by atoms with Gasteiger partial charge in [0.15, 0.2) is 5.90 Å². The molecule has 0 bridgehead atoms. The molecule has 0 saturated carbocycles. The third-order valence-electron chi connectivity index (χ3n) is 2.18. The molecule has 2 rings (SSSR count). The van der Waals surface area contributed by atoms with Gasteiger partial charge in [-0.3, -0.25) is 15.1 Å². The van der Waals surface area contributed by atoms with E-state index in [-0.39, 0.29) is 10.6 Å². The van der Waals surface area contributed by atoms with Gasteiger partial charge in [0.25, 0.3) is 5.69 Å². The Morgan fingerprint density at radius 2 is 2.27 bits per heavy atom. The molecule has 0 N–H and O–H groups in total. The predicted molar refractivity (Wildman–Crippen MR) is 55.1 cm³/mol. The monoisotopic (exact) mass is 206 g/mol. The number of para-hydroxylation sites is 1. The molecule has 15 heavy (non-hydrogen) atoms. The highest BCUT2D eigenvalue weighted by Crippen LogP contribution is 2.19. The average Bonchev–Trinajstić information content (AvgIpc) is 2.71. The van der Waals surface area contributed by atoms with Crippen LogP contribution < -0.4 is 0 Å². The summed E-state index contributed by atoms with van der Waals surface area (Å²) in [7, 11) is 0. The number of hydrogen-bond donors (Lipinski definition) is 0. The molecule has 1 aromatic rings. The third-order valence-corrected chi connectivity index (χ3v) is 2.18. The van der Waals surface area contributed by atoms with Crippen LogP contribution in [0.5, 0.6) is 0 Å². The Hall–Kier alpha value is -1.91. The molecular formula is C10H10N2O3. The summed E-state index contributed by atoms with van der Waals surface area (Å²) in [6, 6.07) is 6.64. The number of nitro groups is 1. The van der Waals surface area contributed by atoms with Gasteiger partial charge in [0.1, 0.15) is 6.61 Å². The summed E-state index contributed by atoms with van der Waals surface area (Å²) < 4.78 is 5.22. The maximum Gasteiger partial charge on any atom is 0.273 e. The van der Waals surface area contributed by atoms with E-state index in [1.165, 1.54) is 6.07 Å². The number of nitrogens with zero attached hydrogens (tertiary/aromatic N) is 2. The van der Waals surface area contributed by atoms with Crippen LogP contribution in [0.2, 0.25) is 0 Å². The van der Waals surface area contributed by atoms with Crippen molar-refractivity contribution in [2.24, 2.45) is 4.99 Å². The molecule has 1 aliphatic heterocycles. The largest absolute Gasteiger partial charge is 0.479 e. The normalized spacial score (nSPS) is 14.5. The zero-order chi connectivity index (χ0) is 10.7. The summed E-state index contributed by atoms with van der Waals surface area (Å²) in [4.78, 5) is 14.4. The van der Waals surface area contributed by atoms with Crippen LogP contribution in [0, 0.1) is 10.1 Å². The van der Waals surface area contributed by atoms with Gasteiger partial charge in [-0.15, -0.1) is 0 Å². The molecule has 0 spiro atoms. The van der Waals surface area contributed by atoms with Gasteiger partial charge in [0.05, 0.1) is 17.9 Å². The first-order valence-corrected chi connectivity index (χ1v) is 4.66. The topological polar surface area (TPSA) is 64.7 Å². The van der Waals surface area contributed by atoms with Gasteiger partial charge in [-0.25, -0.2) is 0 Å². The Kier molecular flexibility index (Phi) is 2.62. The van der Waals surface area contributed by atoms with Crippen molar-refractivity contribution in [1.29, 1.82) is 0 Å². The maximum absolute atomic E-state index is 10.7. The molecule has 1 heterocycles. The number of nitro benzene ring substituents is 1. The van der Waals surface area contributed by atoms with Crippen molar-refractivity contribution in [2.45, 2.75) is 6.42 Å². The van der Waals surface area contributed by atoms with E-state index in [0.717, 1.165) is 0 Å².